The van der Waals surface area contributed by atoms with Gasteiger partial charge in [-0.15, -0.1) is 0 Å². The third kappa shape index (κ3) is 12.6. The third-order valence-electron chi connectivity index (χ3n) is 11.3. The molecule has 0 aliphatic rings. The number of carbonyl (C=O) groups excluding carboxylic acids is 3. The van der Waals surface area contributed by atoms with Crippen molar-refractivity contribution in [1.29, 1.82) is 0 Å². The molecule has 0 amide bonds. The lowest BCUT2D eigenvalue weighted by atomic mass is 10.1. The number of aryl methyl sites for hydroxylation is 1. The minimum absolute atomic E-state index is 0.0171. The lowest BCUT2D eigenvalue weighted by Crippen LogP contribution is -2.47. The van der Waals surface area contributed by atoms with Crippen LogP contribution >= 0.6 is 0 Å². The highest BCUT2D eigenvalue weighted by molar-refractivity contribution is 6.78. The van der Waals surface area contributed by atoms with Crippen LogP contribution in [0.1, 0.15) is 140 Å². The maximum atomic E-state index is 12.7. The number of esters is 2. The second-order valence-corrected chi connectivity index (χ2v) is 27.8. The number of carbonyl (C=O) groups is 3. The van der Waals surface area contributed by atoms with E-state index in [9.17, 15) is 24.5 Å². The largest absolute Gasteiger partial charge is 0.455 e. The van der Waals surface area contributed by atoms with Crippen LogP contribution in [0.4, 0.5) is 5.69 Å². The first-order chi connectivity index (χ1) is 28.7. The molecule has 3 aromatic heterocycles. The summed E-state index contributed by atoms with van der Waals surface area (Å²) in [5, 5.41) is 11.9. The predicted molar refractivity (Wildman–Crippen MR) is 235 cm³/mol. The van der Waals surface area contributed by atoms with E-state index in [0.29, 0.717) is 70.0 Å². The third-order valence-corrected chi connectivity index (χ3v) is 23.4. The van der Waals surface area contributed by atoms with E-state index in [0.717, 1.165) is 0 Å². The molecule has 61 heavy (non-hydrogen) atoms. The van der Waals surface area contributed by atoms with E-state index in [1.54, 1.807) is 30.3 Å². The number of nitro benzene ring substituents is 1. The summed E-state index contributed by atoms with van der Waals surface area (Å²) < 4.78 is 44.7. The smallest absolute Gasteiger partial charge is 0.374 e. The molecule has 0 atom stereocenters. The van der Waals surface area contributed by atoms with Crippen LogP contribution in [0.3, 0.4) is 0 Å². The molecule has 16 heteroatoms. The molecule has 0 radical (unpaired) electrons. The van der Waals surface area contributed by atoms with E-state index in [1.807, 2.05) is 6.92 Å². The van der Waals surface area contributed by atoms with Crippen molar-refractivity contribution < 1.29 is 55.6 Å². The molecule has 0 bridgehead atoms. The minimum atomic E-state index is -2.12. The molecule has 0 aliphatic carbocycles. The fourth-order valence-corrected chi connectivity index (χ4v) is 19.5. The van der Waals surface area contributed by atoms with E-state index >= 15 is 0 Å². The number of hydrogen-bond acceptors (Lipinski definition) is 13. The van der Waals surface area contributed by atoms with E-state index in [4.69, 9.17) is 31.6 Å². The Kier molecular flexibility index (Phi) is 19.0. The second-order valence-electron chi connectivity index (χ2n) is 16.9. The number of nitro groups is 1. The number of ether oxygens (including phenoxy) is 3. The van der Waals surface area contributed by atoms with Gasteiger partial charge in [-0.3, -0.25) is 14.9 Å². The van der Waals surface area contributed by atoms with E-state index in [1.165, 1.54) is 24.3 Å². The zero-order chi connectivity index (χ0) is 45.7. The normalized spacial score (nSPS) is 12.0. The lowest BCUT2D eigenvalue weighted by molar-refractivity contribution is -0.386. The van der Waals surface area contributed by atoms with Gasteiger partial charge in [0.2, 0.25) is 28.2 Å². The van der Waals surface area contributed by atoms with Gasteiger partial charge in [0.1, 0.15) is 30.5 Å². The van der Waals surface area contributed by atoms with Crippen LogP contribution < -0.4 is 4.74 Å². The number of benzene rings is 1. The Morgan fingerprint density at radius 1 is 0.607 bits per heavy atom. The standard InChI is InChI=1S/C30H39NO9Si.C15H26O4Si/c1-8-24-12-14-26(39-24)29(32)36-16-22-10-9-11-23(28(22)31(34)35)17-37-30(33)27-15-13-25(40-27)18-38-41(19(2)3,20(4)5)21(6)7;1-11(2)20(12(3)4,13(5)6)18-9-14-7-8-15(19-14)17-10-16/h9-15,19-21H,8,16-18H2,1-7H3;7-8,10-13H,9H2,1-6H3. The molecule has 0 N–H and O–H groups in total. The quantitative estimate of drug-likeness (QED) is 0.0239. The molecular weight excluding hydrogens is 819 g/mol. The second kappa shape index (κ2) is 22.9. The van der Waals surface area contributed by atoms with Crippen molar-refractivity contribution >= 4 is 40.7 Å². The van der Waals surface area contributed by atoms with Crippen molar-refractivity contribution in [3.05, 3.63) is 105 Å². The molecule has 1 aromatic carbocycles. The van der Waals surface area contributed by atoms with Crippen LogP contribution in [-0.2, 0) is 56.0 Å². The van der Waals surface area contributed by atoms with Crippen molar-refractivity contribution in [2.45, 2.75) is 156 Å². The van der Waals surface area contributed by atoms with E-state index in [2.05, 4.69) is 87.8 Å². The topological polar surface area (TPSA) is 180 Å². The summed E-state index contributed by atoms with van der Waals surface area (Å²) in [7, 11) is -4.01. The van der Waals surface area contributed by atoms with Gasteiger partial charge >= 0.3 is 18.4 Å². The molecule has 3 heterocycles. The molecule has 0 fully saturated rings. The number of para-hydroxylation sites is 1. The molecule has 0 saturated carbocycles. The van der Waals surface area contributed by atoms with Gasteiger partial charge in [-0.1, -0.05) is 96.1 Å². The molecule has 0 spiro atoms. The van der Waals surface area contributed by atoms with Gasteiger partial charge in [-0.25, -0.2) is 9.59 Å². The van der Waals surface area contributed by atoms with E-state index in [-0.39, 0.29) is 54.1 Å². The Labute approximate surface area is 362 Å². The fourth-order valence-electron chi connectivity index (χ4n) is 8.72. The van der Waals surface area contributed by atoms with Crippen LogP contribution in [0.25, 0.3) is 0 Å². The Hall–Kier alpha value is -4.78. The summed E-state index contributed by atoms with van der Waals surface area (Å²) >= 11 is 0. The maximum Gasteiger partial charge on any atom is 0.374 e. The summed E-state index contributed by atoms with van der Waals surface area (Å²) in [6.45, 7) is 28.8. The van der Waals surface area contributed by atoms with Gasteiger partial charge in [0.25, 0.3) is 11.6 Å². The summed E-state index contributed by atoms with van der Waals surface area (Å²) in [6.07, 6.45) is 0.614. The van der Waals surface area contributed by atoms with Crippen LogP contribution in [0, 0.1) is 10.1 Å². The average molecular weight is 884 g/mol. The molecule has 0 unspecified atom stereocenters. The molecule has 0 aliphatic heterocycles. The SMILES string of the molecule is CC(C)[Si](OCc1ccc(OC=O)o1)(C(C)C)C(C)C.CCc1ccc(C(=O)OCc2cccc(COC(=O)c3ccc(CO[Si](C(C)C)(C(C)C)C(C)C)o3)c2[N+](=O)[O-])o1. The first-order valence-electron chi connectivity index (χ1n) is 21.0. The molecule has 0 saturated heterocycles. The molecule has 4 rings (SSSR count). The van der Waals surface area contributed by atoms with Crippen molar-refractivity contribution in [2.75, 3.05) is 0 Å². The average Bonchev–Trinajstić information content (AvgIpc) is 3.98. The fraction of sp³-hybridized carbons (Fsp3) is 0.533. The number of furan rings is 3. The van der Waals surface area contributed by atoms with Crippen molar-refractivity contribution in [1.82, 2.24) is 0 Å². The van der Waals surface area contributed by atoms with Gasteiger partial charge < -0.3 is 36.3 Å². The highest BCUT2D eigenvalue weighted by Crippen LogP contribution is 2.44. The number of nitrogens with zero attached hydrogens (tertiary/aromatic N) is 1. The van der Waals surface area contributed by atoms with Crippen LogP contribution in [-0.4, -0.2) is 40.0 Å². The van der Waals surface area contributed by atoms with Gasteiger partial charge in [0, 0.05) is 12.5 Å². The summed E-state index contributed by atoms with van der Waals surface area (Å²) in [5.74, 6) is 0.545. The Morgan fingerprint density at radius 3 is 1.38 bits per heavy atom. The zero-order valence-electron chi connectivity index (χ0n) is 38.0. The highest BCUT2D eigenvalue weighted by Gasteiger charge is 2.46. The summed E-state index contributed by atoms with van der Waals surface area (Å²) in [6, 6.07) is 14.3. The Morgan fingerprint density at radius 2 is 1.00 bits per heavy atom. The van der Waals surface area contributed by atoms with Crippen LogP contribution in [0.2, 0.25) is 33.2 Å². The minimum Gasteiger partial charge on any atom is -0.455 e. The summed E-state index contributed by atoms with van der Waals surface area (Å²) in [4.78, 5) is 46.6. The van der Waals surface area contributed by atoms with Gasteiger partial charge in [-0.2, -0.15) is 0 Å². The maximum absolute atomic E-state index is 12.7. The van der Waals surface area contributed by atoms with E-state index < -0.39 is 33.5 Å². The first kappa shape index (κ1) is 50.6. The van der Waals surface area contributed by atoms with Crippen molar-refractivity contribution in [2.24, 2.45) is 0 Å². The van der Waals surface area contributed by atoms with Crippen molar-refractivity contribution in [3.63, 3.8) is 0 Å². The monoisotopic (exact) mass is 883 g/mol. The molecule has 14 nitrogen and oxygen atoms in total. The van der Waals surface area contributed by atoms with Gasteiger partial charge in [0.05, 0.1) is 29.3 Å². The molecular formula is C45H65NO13Si2. The van der Waals surface area contributed by atoms with Gasteiger partial charge in [0.15, 0.2) is 0 Å². The van der Waals surface area contributed by atoms with Gasteiger partial charge in [-0.05, 0) is 75.7 Å². The number of hydrogen-bond donors (Lipinski definition) is 0. The molecule has 4 aromatic rings. The predicted octanol–water partition coefficient (Wildman–Crippen LogP) is 12.3. The van der Waals surface area contributed by atoms with Crippen molar-refractivity contribution in [3.8, 4) is 5.95 Å². The summed E-state index contributed by atoms with van der Waals surface area (Å²) in [5.41, 5.74) is 2.80. The Bertz CT molecular complexity index is 1980. The number of rotatable bonds is 22. The van der Waals surface area contributed by atoms with Crippen LogP contribution in [0.15, 0.2) is 67.8 Å². The Balaban J connectivity index is 0.000000415. The highest BCUT2D eigenvalue weighted by atomic mass is 28.4. The molecule has 336 valence electrons. The zero-order valence-corrected chi connectivity index (χ0v) is 40.0. The lowest BCUT2D eigenvalue weighted by Gasteiger charge is -2.41. The van der Waals surface area contributed by atoms with Crippen LogP contribution in [0.5, 0.6) is 5.95 Å². The first-order valence-corrected chi connectivity index (χ1v) is 25.3.